The highest BCUT2D eigenvalue weighted by Gasteiger charge is 2.34. The SMILES string of the molecule is CCOCc1nc2c(N)nc3ccccc3c2n1C[C@@H](C)OP(=O)(N[C@@H](C)C(=O)N(C)C)Oc1ccc(Cl)cc1. The van der Waals surface area contributed by atoms with Crippen molar-refractivity contribution in [3.05, 3.63) is 59.4 Å². The number of nitrogens with one attached hydrogen (secondary N) is 1. The van der Waals surface area contributed by atoms with Gasteiger partial charge < -0.3 is 24.5 Å². The molecule has 2 aromatic carbocycles. The second kappa shape index (κ2) is 12.5. The maximum Gasteiger partial charge on any atom is 0.459 e. The van der Waals surface area contributed by atoms with Crippen LogP contribution in [0.2, 0.25) is 5.02 Å². The number of nitrogens with zero attached hydrogens (tertiary/aromatic N) is 4. The van der Waals surface area contributed by atoms with Gasteiger partial charge in [-0.15, -0.1) is 0 Å². The molecule has 4 rings (SSSR count). The monoisotopic (exact) mass is 588 g/mol. The van der Waals surface area contributed by atoms with E-state index in [9.17, 15) is 9.36 Å². The van der Waals surface area contributed by atoms with Gasteiger partial charge in [-0.1, -0.05) is 29.8 Å². The largest absolute Gasteiger partial charge is 0.459 e. The normalized spacial score (nSPS) is 14.7. The number of anilines is 1. The Labute approximate surface area is 238 Å². The van der Waals surface area contributed by atoms with E-state index in [1.807, 2.05) is 35.8 Å². The van der Waals surface area contributed by atoms with Crippen LogP contribution in [0.4, 0.5) is 5.82 Å². The number of likely N-dealkylation sites (N-methyl/N-ethyl adjacent to an activating group) is 1. The molecule has 11 nitrogen and oxygen atoms in total. The van der Waals surface area contributed by atoms with Crippen molar-refractivity contribution in [3.8, 4) is 5.75 Å². The predicted molar refractivity (Wildman–Crippen MR) is 156 cm³/mol. The van der Waals surface area contributed by atoms with Crippen LogP contribution in [0, 0.1) is 0 Å². The van der Waals surface area contributed by atoms with E-state index >= 15 is 0 Å². The topological polar surface area (TPSA) is 134 Å². The molecular formula is C27H34ClN6O5P. The zero-order valence-corrected chi connectivity index (χ0v) is 24.8. The lowest BCUT2D eigenvalue weighted by molar-refractivity contribution is -0.130. The summed E-state index contributed by atoms with van der Waals surface area (Å²) in [5.74, 6) is 0.903. The molecule has 0 saturated carbocycles. The fourth-order valence-electron chi connectivity index (χ4n) is 4.32. The number of aromatic nitrogens is 3. The number of para-hydroxylation sites is 1. The summed E-state index contributed by atoms with van der Waals surface area (Å²) >= 11 is 6.00. The minimum Gasteiger partial charge on any atom is -0.413 e. The fourth-order valence-corrected chi connectivity index (χ4v) is 6.13. The lowest BCUT2D eigenvalue weighted by Gasteiger charge is -2.27. The number of fused-ring (bicyclic) bond motifs is 3. The van der Waals surface area contributed by atoms with Gasteiger partial charge in [0, 0.05) is 31.1 Å². The maximum atomic E-state index is 14.1. The second-order valence-corrected chi connectivity index (χ2v) is 11.6. The quantitative estimate of drug-likeness (QED) is 0.219. The summed E-state index contributed by atoms with van der Waals surface area (Å²) in [4.78, 5) is 23.2. The number of hydrogen-bond donors (Lipinski definition) is 2. The third-order valence-corrected chi connectivity index (χ3v) is 8.13. The van der Waals surface area contributed by atoms with Gasteiger partial charge in [-0.05, 0) is 51.1 Å². The Morgan fingerprint density at radius 1 is 1.15 bits per heavy atom. The summed E-state index contributed by atoms with van der Waals surface area (Å²) in [5.41, 5.74) is 8.33. The molecule has 1 amide bonds. The highest BCUT2D eigenvalue weighted by atomic mass is 35.5. The molecule has 2 heterocycles. The van der Waals surface area contributed by atoms with Crippen LogP contribution < -0.4 is 15.3 Å². The van der Waals surface area contributed by atoms with Crippen LogP contribution in [0.1, 0.15) is 26.6 Å². The average Bonchev–Trinajstić information content (AvgIpc) is 3.26. The number of rotatable bonds is 12. The number of hydrogen-bond acceptors (Lipinski definition) is 8. The highest BCUT2D eigenvalue weighted by Crippen LogP contribution is 2.46. The van der Waals surface area contributed by atoms with Crippen molar-refractivity contribution in [1.29, 1.82) is 0 Å². The Balaban J connectivity index is 1.70. The maximum absolute atomic E-state index is 14.1. The molecule has 1 unspecified atom stereocenters. The molecule has 3 N–H and O–H groups in total. The minimum atomic E-state index is -4.08. The molecule has 0 spiro atoms. The number of benzene rings is 2. The summed E-state index contributed by atoms with van der Waals surface area (Å²) < 4.78 is 33.6. The molecule has 3 atom stereocenters. The average molecular weight is 589 g/mol. The van der Waals surface area contributed by atoms with Crippen molar-refractivity contribution < 1.29 is 23.1 Å². The summed E-state index contributed by atoms with van der Waals surface area (Å²) in [6, 6.07) is 13.2. The van der Waals surface area contributed by atoms with Crippen LogP contribution in [-0.4, -0.2) is 58.2 Å². The number of carbonyl (C=O) groups excluding carboxylic acids is 1. The number of nitrogens with two attached hydrogens (primary N) is 1. The van der Waals surface area contributed by atoms with Gasteiger partial charge in [-0.3, -0.25) is 9.32 Å². The molecule has 0 bridgehead atoms. The van der Waals surface area contributed by atoms with E-state index in [0.717, 1.165) is 16.4 Å². The zero-order valence-electron chi connectivity index (χ0n) is 23.1. The predicted octanol–water partition coefficient (Wildman–Crippen LogP) is 5.02. The third kappa shape index (κ3) is 6.74. The third-order valence-electron chi connectivity index (χ3n) is 6.09. The molecule has 214 valence electrons. The van der Waals surface area contributed by atoms with E-state index < -0.39 is 19.9 Å². The number of carbonyl (C=O) groups is 1. The summed E-state index contributed by atoms with van der Waals surface area (Å²) in [7, 11) is -0.847. The Bertz CT molecular complexity index is 1540. The number of ether oxygens (including phenoxy) is 1. The Hall–Kier alpha value is -3.21. The first kappa shape index (κ1) is 29.8. The van der Waals surface area contributed by atoms with E-state index in [0.29, 0.717) is 28.8 Å². The molecule has 0 aliphatic heterocycles. The summed E-state index contributed by atoms with van der Waals surface area (Å²) in [6.07, 6.45) is -0.668. The van der Waals surface area contributed by atoms with Crippen LogP contribution in [0.5, 0.6) is 5.75 Å². The van der Waals surface area contributed by atoms with Crippen LogP contribution >= 0.6 is 19.3 Å². The van der Waals surface area contributed by atoms with E-state index in [1.54, 1.807) is 52.2 Å². The zero-order chi connectivity index (χ0) is 29.0. The number of amides is 1. The minimum absolute atomic E-state index is 0.233. The smallest absolute Gasteiger partial charge is 0.413 e. The first-order chi connectivity index (χ1) is 19.0. The summed E-state index contributed by atoms with van der Waals surface area (Å²) in [5, 5.41) is 4.14. The van der Waals surface area contributed by atoms with Crippen LogP contribution in [0.3, 0.4) is 0 Å². The molecule has 0 aliphatic carbocycles. The highest BCUT2D eigenvalue weighted by molar-refractivity contribution is 7.52. The first-order valence-electron chi connectivity index (χ1n) is 12.8. The van der Waals surface area contributed by atoms with Crippen LogP contribution in [0.15, 0.2) is 48.5 Å². The standard InChI is InChI=1S/C27H34ClN6O5P/c1-6-37-16-23-31-24-25(21-9-7-8-10-22(21)30-26(24)29)34(23)15-17(2)38-40(36,32-18(3)27(35)33(4)5)39-20-13-11-19(28)12-14-20/h7-14,17-18H,6,15-16H2,1-5H3,(H2,29,30)(H,32,36)/t17-,18+,40?/m1/s1. The van der Waals surface area contributed by atoms with E-state index in [-0.39, 0.29) is 24.8 Å². The van der Waals surface area contributed by atoms with Gasteiger partial charge in [0.25, 0.3) is 0 Å². The number of pyridine rings is 1. The second-order valence-electron chi connectivity index (χ2n) is 9.53. The van der Waals surface area contributed by atoms with Crippen molar-refractivity contribution in [2.75, 3.05) is 26.4 Å². The molecule has 0 fully saturated rings. The van der Waals surface area contributed by atoms with E-state index in [1.165, 1.54) is 4.90 Å². The molecule has 4 aromatic rings. The van der Waals surface area contributed by atoms with Crippen molar-refractivity contribution in [1.82, 2.24) is 24.5 Å². The van der Waals surface area contributed by atoms with Gasteiger partial charge in [0.15, 0.2) is 5.82 Å². The number of halogens is 1. The number of imidazole rings is 1. The van der Waals surface area contributed by atoms with Gasteiger partial charge >= 0.3 is 7.75 Å². The van der Waals surface area contributed by atoms with Gasteiger partial charge in [-0.25, -0.2) is 14.5 Å². The molecule has 13 heteroatoms. The molecular weight excluding hydrogens is 555 g/mol. The van der Waals surface area contributed by atoms with Crippen molar-refractivity contribution in [2.24, 2.45) is 0 Å². The molecule has 2 aromatic heterocycles. The van der Waals surface area contributed by atoms with Crippen molar-refractivity contribution in [2.45, 2.75) is 46.1 Å². The number of nitrogen functional groups attached to an aromatic ring is 1. The van der Waals surface area contributed by atoms with Gasteiger partial charge in [0.2, 0.25) is 5.91 Å². The Morgan fingerprint density at radius 2 is 1.85 bits per heavy atom. The van der Waals surface area contributed by atoms with Crippen LogP contribution in [0.25, 0.3) is 21.9 Å². The molecule has 0 aliphatic rings. The Kier molecular flexibility index (Phi) is 9.33. The summed E-state index contributed by atoms with van der Waals surface area (Å²) in [6.45, 7) is 6.22. The Morgan fingerprint density at radius 3 is 2.52 bits per heavy atom. The molecule has 0 saturated heterocycles. The lowest BCUT2D eigenvalue weighted by atomic mass is 10.2. The first-order valence-corrected chi connectivity index (χ1v) is 14.8. The van der Waals surface area contributed by atoms with E-state index in [2.05, 4.69) is 10.1 Å². The fraction of sp³-hybridized carbons (Fsp3) is 0.370. The molecule has 40 heavy (non-hydrogen) atoms. The van der Waals surface area contributed by atoms with Crippen molar-refractivity contribution >= 4 is 53.0 Å². The van der Waals surface area contributed by atoms with Gasteiger partial charge in [0.1, 0.15) is 23.7 Å². The van der Waals surface area contributed by atoms with E-state index in [4.69, 9.17) is 36.1 Å². The van der Waals surface area contributed by atoms with Crippen LogP contribution in [-0.2, 0) is 31.8 Å². The van der Waals surface area contributed by atoms with Gasteiger partial charge in [0.05, 0.1) is 29.7 Å². The lowest BCUT2D eigenvalue weighted by Crippen LogP contribution is -2.41. The molecule has 0 radical (unpaired) electrons. The van der Waals surface area contributed by atoms with Crippen molar-refractivity contribution in [3.63, 3.8) is 0 Å². The van der Waals surface area contributed by atoms with Gasteiger partial charge in [-0.2, -0.15) is 5.09 Å².